The number of nitrogens with one attached hydrogen (secondary N) is 1. The molecule has 0 spiro atoms. The van der Waals surface area contributed by atoms with Gasteiger partial charge in [-0.3, -0.25) is 14.9 Å². The number of carbonyl (C=O) groups is 1. The van der Waals surface area contributed by atoms with Crippen LogP contribution in [0.1, 0.15) is 18.1 Å². The highest BCUT2D eigenvalue weighted by Crippen LogP contribution is 2.27. The maximum absolute atomic E-state index is 12.3. The zero-order chi connectivity index (χ0) is 17.0. The number of amides is 1. The molecule has 0 bridgehead atoms. The lowest BCUT2D eigenvalue weighted by Crippen LogP contribution is -2.30. The Morgan fingerprint density at radius 1 is 1.13 bits per heavy atom. The molecule has 0 saturated heterocycles. The highest BCUT2D eigenvalue weighted by Gasteiger charge is 2.21. The second-order valence-electron chi connectivity index (χ2n) is 5.24. The van der Waals surface area contributed by atoms with Gasteiger partial charge in [0.15, 0.2) is 11.9 Å². The van der Waals surface area contributed by atoms with Crippen LogP contribution in [-0.2, 0) is 4.79 Å². The number of nitrogens with zero attached hydrogens (tertiary/aromatic N) is 1. The van der Waals surface area contributed by atoms with Gasteiger partial charge >= 0.3 is 5.69 Å². The Morgan fingerprint density at radius 2 is 1.74 bits per heavy atom. The molecule has 6 nitrogen and oxygen atoms in total. The van der Waals surface area contributed by atoms with E-state index in [0.29, 0.717) is 0 Å². The van der Waals surface area contributed by atoms with Gasteiger partial charge in [0.25, 0.3) is 5.91 Å². The third-order valence-corrected chi connectivity index (χ3v) is 3.46. The third-order valence-electron chi connectivity index (χ3n) is 3.46. The van der Waals surface area contributed by atoms with Crippen LogP contribution in [0, 0.1) is 24.0 Å². The first-order valence-corrected chi connectivity index (χ1v) is 7.17. The summed E-state index contributed by atoms with van der Waals surface area (Å²) >= 11 is 0. The van der Waals surface area contributed by atoms with Gasteiger partial charge in [-0.1, -0.05) is 30.3 Å². The van der Waals surface area contributed by atoms with E-state index in [1.807, 2.05) is 32.0 Å². The quantitative estimate of drug-likeness (QED) is 0.675. The number of hydrogen-bond acceptors (Lipinski definition) is 4. The predicted octanol–water partition coefficient (Wildman–Crippen LogP) is 3.62. The van der Waals surface area contributed by atoms with Crippen molar-refractivity contribution in [3.8, 4) is 5.75 Å². The molecule has 1 amide bonds. The van der Waals surface area contributed by atoms with Crippen molar-refractivity contribution in [3.05, 3.63) is 63.7 Å². The van der Waals surface area contributed by atoms with Crippen LogP contribution in [0.5, 0.6) is 5.75 Å². The van der Waals surface area contributed by atoms with Gasteiger partial charge in [0, 0.05) is 11.8 Å². The van der Waals surface area contributed by atoms with Gasteiger partial charge in [-0.2, -0.15) is 0 Å². The summed E-state index contributed by atoms with van der Waals surface area (Å²) in [5.74, 6) is -0.290. The van der Waals surface area contributed by atoms with Crippen LogP contribution in [0.25, 0.3) is 0 Å². The van der Waals surface area contributed by atoms with Crippen molar-refractivity contribution in [2.45, 2.75) is 26.9 Å². The maximum atomic E-state index is 12.3. The summed E-state index contributed by atoms with van der Waals surface area (Å²) < 4.78 is 5.47. The highest BCUT2D eigenvalue weighted by atomic mass is 16.6. The molecule has 2 aromatic rings. The molecule has 0 radical (unpaired) electrons. The summed E-state index contributed by atoms with van der Waals surface area (Å²) in [4.78, 5) is 22.7. The standard InChI is InChI=1S/C17H18N2O4/c1-11-7-6-8-12(2)16(11)18-17(20)13(3)23-15-10-5-4-9-14(15)19(21)22/h4-10,13H,1-3H3,(H,18,20)/t13-/m1/s1. The minimum atomic E-state index is -0.866. The van der Waals surface area contributed by atoms with E-state index in [0.717, 1.165) is 16.8 Å². The molecule has 0 heterocycles. The topological polar surface area (TPSA) is 81.5 Å². The average molecular weight is 314 g/mol. The number of hydrogen-bond donors (Lipinski definition) is 1. The lowest BCUT2D eigenvalue weighted by Gasteiger charge is -2.17. The summed E-state index contributed by atoms with van der Waals surface area (Å²) in [5.41, 5.74) is 2.45. The number of carbonyl (C=O) groups excluding carboxylic acids is 1. The molecule has 120 valence electrons. The Bertz CT molecular complexity index is 723. The van der Waals surface area contributed by atoms with Gasteiger partial charge < -0.3 is 10.1 Å². The molecule has 2 aromatic carbocycles. The second kappa shape index (κ2) is 6.91. The van der Waals surface area contributed by atoms with Crippen LogP contribution in [-0.4, -0.2) is 16.9 Å². The zero-order valence-electron chi connectivity index (χ0n) is 13.2. The van der Waals surface area contributed by atoms with Crippen LogP contribution in [0.15, 0.2) is 42.5 Å². The average Bonchev–Trinajstić information content (AvgIpc) is 2.51. The minimum Gasteiger partial charge on any atom is -0.474 e. The van der Waals surface area contributed by atoms with E-state index in [1.165, 1.54) is 12.1 Å². The van der Waals surface area contributed by atoms with Crippen molar-refractivity contribution in [2.75, 3.05) is 5.32 Å². The first-order valence-electron chi connectivity index (χ1n) is 7.17. The summed E-state index contributed by atoms with van der Waals surface area (Å²) in [5, 5.41) is 13.8. The third kappa shape index (κ3) is 3.85. The number of nitro groups is 1. The van der Waals surface area contributed by atoms with E-state index < -0.39 is 11.0 Å². The maximum Gasteiger partial charge on any atom is 0.310 e. The first kappa shape index (κ1) is 16.5. The molecule has 0 fully saturated rings. The van der Waals surface area contributed by atoms with Gasteiger partial charge in [-0.05, 0) is 38.0 Å². The molecule has 1 atom stereocenters. The lowest BCUT2D eigenvalue weighted by atomic mass is 10.1. The Labute approximate surface area is 134 Å². The fourth-order valence-corrected chi connectivity index (χ4v) is 2.19. The normalized spacial score (nSPS) is 11.6. The number of rotatable bonds is 5. The number of benzene rings is 2. The van der Waals surface area contributed by atoms with E-state index in [-0.39, 0.29) is 17.3 Å². The first-order chi connectivity index (χ1) is 10.9. The molecular weight excluding hydrogens is 296 g/mol. The van der Waals surface area contributed by atoms with E-state index in [9.17, 15) is 14.9 Å². The van der Waals surface area contributed by atoms with Crippen LogP contribution >= 0.6 is 0 Å². The van der Waals surface area contributed by atoms with E-state index >= 15 is 0 Å². The van der Waals surface area contributed by atoms with E-state index in [1.54, 1.807) is 19.1 Å². The highest BCUT2D eigenvalue weighted by molar-refractivity contribution is 5.95. The zero-order valence-corrected chi connectivity index (χ0v) is 13.2. The van der Waals surface area contributed by atoms with Crippen LogP contribution in [0.2, 0.25) is 0 Å². The SMILES string of the molecule is Cc1cccc(C)c1NC(=O)[C@@H](C)Oc1ccccc1[N+](=O)[O-]. The monoisotopic (exact) mass is 314 g/mol. The van der Waals surface area contributed by atoms with Crippen LogP contribution in [0.4, 0.5) is 11.4 Å². The number of para-hydroxylation sites is 3. The van der Waals surface area contributed by atoms with Crippen LogP contribution in [0.3, 0.4) is 0 Å². The van der Waals surface area contributed by atoms with Crippen molar-refractivity contribution in [3.63, 3.8) is 0 Å². The fourth-order valence-electron chi connectivity index (χ4n) is 2.19. The van der Waals surface area contributed by atoms with Gasteiger partial charge in [0.05, 0.1) is 4.92 Å². The number of ether oxygens (including phenoxy) is 1. The lowest BCUT2D eigenvalue weighted by molar-refractivity contribution is -0.386. The molecule has 0 aromatic heterocycles. The predicted molar refractivity (Wildman–Crippen MR) is 87.7 cm³/mol. The molecule has 23 heavy (non-hydrogen) atoms. The molecule has 2 rings (SSSR count). The van der Waals surface area contributed by atoms with Crippen molar-refractivity contribution >= 4 is 17.3 Å². The Kier molecular flexibility index (Phi) is 4.95. The van der Waals surface area contributed by atoms with Crippen LogP contribution < -0.4 is 10.1 Å². The molecule has 0 unspecified atom stereocenters. The Hall–Kier alpha value is -2.89. The molecule has 0 aliphatic rings. The smallest absolute Gasteiger partial charge is 0.310 e. The number of aryl methyl sites for hydroxylation is 2. The number of nitro benzene ring substituents is 1. The van der Waals surface area contributed by atoms with Crippen molar-refractivity contribution in [2.24, 2.45) is 0 Å². The molecule has 6 heteroatoms. The van der Waals surface area contributed by atoms with Gasteiger partial charge in [0.1, 0.15) is 0 Å². The van der Waals surface area contributed by atoms with E-state index in [4.69, 9.17) is 4.74 Å². The molecule has 0 aliphatic heterocycles. The summed E-state index contributed by atoms with van der Waals surface area (Å²) in [6.45, 7) is 5.35. The van der Waals surface area contributed by atoms with E-state index in [2.05, 4.69) is 5.32 Å². The van der Waals surface area contributed by atoms with Crippen molar-refractivity contribution < 1.29 is 14.5 Å². The fraction of sp³-hybridized carbons (Fsp3) is 0.235. The van der Waals surface area contributed by atoms with Gasteiger partial charge in [0.2, 0.25) is 0 Å². The summed E-state index contributed by atoms with van der Waals surface area (Å²) in [7, 11) is 0. The number of anilines is 1. The van der Waals surface area contributed by atoms with Gasteiger partial charge in [-0.15, -0.1) is 0 Å². The largest absolute Gasteiger partial charge is 0.474 e. The summed E-state index contributed by atoms with van der Waals surface area (Å²) in [6, 6.07) is 11.7. The molecule has 0 saturated carbocycles. The van der Waals surface area contributed by atoms with Gasteiger partial charge in [-0.25, -0.2) is 0 Å². The van der Waals surface area contributed by atoms with Crippen molar-refractivity contribution in [1.82, 2.24) is 0 Å². The minimum absolute atomic E-state index is 0.0710. The molecule has 0 aliphatic carbocycles. The Morgan fingerprint density at radius 3 is 2.35 bits per heavy atom. The Balaban J connectivity index is 2.14. The molecule has 1 N–H and O–H groups in total. The van der Waals surface area contributed by atoms with Crippen molar-refractivity contribution in [1.29, 1.82) is 0 Å². The second-order valence-corrected chi connectivity index (χ2v) is 5.24. The summed E-state index contributed by atoms with van der Waals surface area (Å²) in [6.07, 6.45) is -0.866. The molecular formula is C17H18N2O4.